The molecule has 0 spiro atoms. The number of aliphatic carboxylic acids is 1. The first-order valence-electron chi connectivity index (χ1n) is 7.21. The standard InChI is InChI=1S/C12H13ClN2O2.2C2H6/c1-15-6-7(4-10(14)12(16)17)9-3-2-8(13)5-11(9)15;2*1-2/h2-3,5-6,10H,4,14H2,1H3,(H,16,17);2*1-2H3. The molecule has 0 aliphatic heterocycles. The van der Waals surface area contributed by atoms with Crippen LogP contribution in [-0.2, 0) is 18.3 Å². The predicted molar refractivity (Wildman–Crippen MR) is 89.9 cm³/mol. The summed E-state index contributed by atoms with van der Waals surface area (Å²) in [5, 5.41) is 10.5. The van der Waals surface area contributed by atoms with Gasteiger partial charge in [0.05, 0.1) is 0 Å². The number of aryl methyl sites for hydroxylation is 1. The van der Waals surface area contributed by atoms with E-state index in [9.17, 15) is 4.79 Å². The molecule has 0 aliphatic carbocycles. The molecule has 1 aromatic carbocycles. The van der Waals surface area contributed by atoms with Gasteiger partial charge in [0.2, 0.25) is 0 Å². The van der Waals surface area contributed by atoms with Gasteiger partial charge in [-0.1, -0.05) is 45.4 Å². The maximum Gasteiger partial charge on any atom is 0.320 e. The summed E-state index contributed by atoms with van der Waals surface area (Å²) in [5.41, 5.74) is 7.45. The fourth-order valence-corrected chi connectivity index (χ4v) is 2.09. The Bertz CT molecular complexity index is 579. The van der Waals surface area contributed by atoms with Crippen LogP contribution in [0.25, 0.3) is 10.9 Å². The van der Waals surface area contributed by atoms with Crippen molar-refractivity contribution in [1.29, 1.82) is 0 Å². The number of carbonyl (C=O) groups is 1. The maximum absolute atomic E-state index is 10.7. The molecule has 1 unspecified atom stereocenters. The lowest BCUT2D eigenvalue weighted by Crippen LogP contribution is -2.32. The van der Waals surface area contributed by atoms with Crippen LogP contribution < -0.4 is 5.73 Å². The Hall–Kier alpha value is -1.52. The van der Waals surface area contributed by atoms with Crippen molar-refractivity contribution in [3.63, 3.8) is 0 Å². The molecule has 0 amide bonds. The molecule has 0 saturated carbocycles. The van der Waals surface area contributed by atoms with E-state index in [-0.39, 0.29) is 0 Å². The SMILES string of the molecule is CC.CC.Cn1cc(CC(N)C(=O)O)c2ccc(Cl)cc21. The largest absolute Gasteiger partial charge is 0.480 e. The van der Waals surface area contributed by atoms with Crippen LogP contribution in [0.1, 0.15) is 33.3 Å². The highest BCUT2D eigenvalue weighted by molar-refractivity contribution is 6.31. The molecule has 118 valence electrons. The van der Waals surface area contributed by atoms with E-state index in [0.717, 1.165) is 16.5 Å². The molecule has 2 aromatic rings. The normalized spacial score (nSPS) is 11.0. The minimum atomic E-state index is -0.990. The van der Waals surface area contributed by atoms with Crippen LogP contribution in [0.5, 0.6) is 0 Å². The van der Waals surface area contributed by atoms with Crippen molar-refractivity contribution >= 4 is 28.5 Å². The third kappa shape index (κ3) is 5.06. The maximum atomic E-state index is 10.7. The van der Waals surface area contributed by atoms with Gasteiger partial charge >= 0.3 is 5.97 Å². The molecule has 4 nitrogen and oxygen atoms in total. The van der Waals surface area contributed by atoms with Gasteiger partial charge in [-0.25, -0.2) is 0 Å². The zero-order valence-corrected chi connectivity index (χ0v) is 14.1. The summed E-state index contributed by atoms with van der Waals surface area (Å²) in [6.45, 7) is 8.00. The number of carboxylic acids is 1. The topological polar surface area (TPSA) is 68.2 Å². The lowest BCUT2D eigenvalue weighted by Gasteiger charge is -2.04. The van der Waals surface area contributed by atoms with Crippen LogP contribution in [-0.4, -0.2) is 21.7 Å². The van der Waals surface area contributed by atoms with Crippen LogP contribution in [0.3, 0.4) is 0 Å². The summed E-state index contributed by atoms with van der Waals surface area (Å²) in [6, 6.07) is 4.66. The molecule has 0 bridgehead atoms. The van der Waals surface area contributed by atoms with E-state index >= 15 is 0 Å². The molecule has 0 radical (unpaired) electrons. The first-order valence-corrected chi connectivity index (χ1v) is 7.58. The third-order valence-electron chi connectivity index (χ3n) is 2.79. The summed E-state index contributed by atoms with van der Waals surface area (Å²) >= 11 is 5.92. The van der Waals surface area contributed by atoms with E-state index in [4.69, 9.17) is 22.4 Å². The molecule has 0 saturated heterocycles. The van der Waals surface area contributed by atoms with Crippen molar-refractivity contribution in [2.45, 2.75) is 40.2 Å². The smallest absolute Gasteiger partial charge is 0.320 e. The van der Waals surface area contributed by atoms with Crippen molar-refractivity contribution in [1.82, 2.24) is 4.57 Å². The Morgan fingerprint density at radius 2 is 1.90 bits per heavy atom. The molecular formula is C16H25ClN2O2. The number of nitrogens with zero attached hydrogens (tertiary/aromatic N) is 1. The van der Waals surface area contributed by atoms with Crippen LogP contribution in [0.15, 0.2) is 24.4 Å². The molecular weight excluding hydrogens is 288 g/mol. The quantitative estimate of drug-likeness (QED) is 0.904. The van der Waals surface area contributed by atoms with Crippen molar-refractivity contribution in [2.24, 2.45) is 12.8 Å². The average molecular weight is 313 g/mol. The average Bonchev–Trinajstić information content (AvgIpc) is 2.79. The van der Waals surface area contributed by atoms with Crippen molar-refractivity contribution in [3.8, 4) is 0 Å². The monoisotopic (exact) mass is 312 g/mol. The number of fused-ring (bicyclic) bond motifs is 1. The zero-order chi connectivity index (χ0) is 16.6. The number of benzene rings is 1. The highest BCUT2D eigenvalue weighted by Crippen LogP contribution is 2.24. The molecule has 0 aliphatic rings. The molecule has 1 aromatic heterocycles. The Labute approximate surface area is 131 Å². The van der Waals surface area contributed by atoms with E-state index in [1.54, 1.807) is 6.07 Å². The van der Waals surface area contributed by atoms with Gasteiger partial charge in [-0.3, -0.25) is 4.79 Å². The number of rotatable bonds is 3. The van der Waals surface area contributed by atoms with Gasteiger partial charge in [-0.15, -0.1) is 0 Å². The molecule has 3 N–H and O–H groups in total. The minimum absolute atomic E-state index is 0.314. The van der Waals surface area contributed by atoms with E-state index in [1.165, 1.54) is 0 Å². The fraction of sp³-hybridized carbons (Fsp3) is 0.438. The Morgan fingerprint density at radius 3 is 2.43 bits per heavy atom. The predicted octanol–water partition coefficient (Wildman–Crippen LogP) is 3.84. The molecule has 0 fully saturated rings. The molecule has 5 heteroatoms. The van der Waals surface area contributed by atoms with Crippen molar-refractivity contribution in [2.75, 3.05) is 0 Å². The number of halogens is 1. The second-order valence-electron chi connectivity index (χ2n) is 4.08. The number of carboxylic acid groups (broad SMARTS) is 1. The van der Waals surface area contributed by atoms with E-state index in [0.29, 0.717) is 11.4 Å². The van der Waals surface area contributed by atoms with Gasteiger partial charge in [-0.05, 0) is 17.7 Å². The van der Waals surface area contributed by atoms with Crippen LogP contribution >= 0.6 is 11.6 Å². The second kappa shape index (κ2) is 9.42. The summed E-state index contributed by atoms with van der Waals surface area (Å²) in [7, 11) is 1.90. The van der Waals surface area contributed by atoms with Gasteiger partial charge < -0.3 is 15.4 Å². The lowest BCUT2D eigenvalue weighted by atomic mass is 10.1. The van der Waals surface area contributed by atoms with E-state index < -0.39 is 12.0 Å². The Balaban J connectivity index is 0.000000921. The molecule has 21 heavy (non-hydrogen) atoms. The number of hydrogen-bond acceptors (Lipinski definition) is 2. The molecule has 1 atom stereocenters. The van der Waals surface area contributed by atoms with Gasteiger partial charge in [0.1, 0.15) is 6.04 Å². The number of aromatic nitrogens is 1. The van der Waals surface area contributed by atoms with Gasteiger partial charge in [-0.2, -0.15) is 0 Å². The highest BCUT2D eigenvalue weighted by Gasteiger charge is 2.15. The van der Waals surface area contributed by atoms with Gasteiger partial charge in [0.15, 0.2) is 0 Å². The third-order valence-corrected chi connectivity index (χ3v) is 3.03. The molecule has 2 rings (SSSR count). The first kappa shape index (κ1) is 19.5. The zero-order valence-electron chi connectivity index (χ0n) is 13.4. The summed E-state index contributed by atoms with van der Waals surface area (Å²) in [6.07, 6.45) is 2.21. The fourth-order valence-electron chi connectivity index (χ4n) is 1.93. The number of nitrogens with two attached hydrogens (primary N) is 1. The van der Waals surface area contributed by atoms with E-state index in [1.807, 2.05) is 57.6 Å². The van der Waals surface area contributed by atoms with Crippen molar-refractivity contribution < 1.29 is 9.90 Å². The Morgan fingerprint density at radius 1 is 1.33 bits per heavy atom. The van der Waals surface area contributed by atoms with Crippen LogP contribution in [0, 0.1) is 0 Å². The van der Waals surface area contributed by atoms with Crippen LogP contribution in [0.4, 0.5) is 0 Å². The minimum Gasteiger partial charge on any atom is -0.480 e. The van der Waals surface area contributed by atoms with E-state index in [2.05, 4.69) is 0 Å². The first-order chi connectivity index (χ1) is 9.99. The highest BCUT2D eigenvalue weighted by atomic mass is 35.5. The summed E-state index contributed by atoms with van der Waals surface area (Å²) in [4.78, 5) is 10.7. The van der Waals surface area contributed by atoms with Gasteiger partial charge in [0.25, 0.3) is 0 Å². The van der Waals surface area contributed by atoms with Crippen molar-refractivity contribution in [3.05, 3.63) is 35.0 Å². The second-order valence-corrected chi connectivity index (χ2v) is 4.51. The van der Waals surface area contributed by atoms with Gasteiger partial charge in [0, 0.05) is 35.6 Å². The summed E-state index contributed by atoms with van der Waals surface area (Å²) < 4.78 is 1.92. The number of hydrogen-bond donors (Lipinski definition) is 2. The molecule has 1 heterocycles. The summed E-state index contributed by atoms with van der Waals surface area (Å²) in [5.74, 6) is -0.990. The lowest BCUT2D eigenvalue weighted by molar-refractivity contribution is -0.138. The Kier molecular flexibility index (Phi) is 8.74. The van der Waals surface area contributed by atoms with Crippen LogP contribution in [0.2, 0.25) is 5.02 Å².